The molecular weight excluding hydrogens is 602 g/mol. The predicted molar refractivity (Wildman–Crippen MR) is 159 cm³/mol. The molecule has 7 N–H and O–H groups in total. The third-order valence-electron chi connectivity index (χ3n) is 6.50. The molecule has 0 aliphatic heterocycles. The zero-order chi connectivity index (χ0) is 32.9. The minimum Gasteiger partial charge on any atom is -0.494 e. The van der Waals surface area contributed by atoms with Gasteiger partial charge in [-0.15, -0.1) is 0 Å². The Kier molecular flexibility index (Phi) is 10.3. The van der Waals surface area contributed by atoms with E-state index >= 15 is 0 Å². The van der Waals surface area contributed by atoms with E-state index in [0.717, 1.165) is 9.13 Å². The molecule has 234 valence electrons. The van der Waals surface area contributed by atoms with Crippen LogP contribution in [-0.2, 0) is 13.1 Å². The van der Waals surface area contributed by atoms with E-state index in [-0.39, 0.29) is 77.0 Å². The van der Waals surface area contributed by atoms with Gasteiger partial charge in [-0.05, 0) is 25.4 Å². The Labute approximate surface area is 253 Å². The third kappa shape index (κ3) is 6.46. The van der Waals surface area contributed by atoms with Crippen molar-refractivity contribution in [1.29, 1.82) is 0 Å². The van der Waals surface area contributed by atoms with Crippen LogP contribution in [0.3, 0.4) is 0 Å². The van der Waals surface area contributed by atoms with Crippen LogP contribution in [0.1, 0.15) is 31.8 Å². The summed E-state index contributed by atoms with van der Waals surface area (Å²) in [7, 11) is 4.19. The van der Waals surface area contributed by atoms with Gasteiger partial charge in [0.1, 0.15) is 11.1 Å². The molecule has 0 fully saturated rings. The molecule has 0 atom stereocenters. The molecule has 3 rings (SSSR count). The van der Waals surface area contributed by atoms with Crippen molar-refractivity contribution in [3.63, 3.8) is 0 Å². The SMILES string of the molecule is CN=Nc1c(C)c(C(N)=O)c(O)n(CCN(CCn2c(O)c(C(N)=O)c(C)c(N=NC)c2=O)c2nc(Cl)nc(NC)n2)c1=O. The summed E-state index contributed by atoms with van der Waals surface area (Å²) in [4.78, 5) is 64.6. The first-order valence-electron chi connectivity index (χ1n) is 12.7. The zero-order valence-corrected chi connectivity index (χ0v) is 25.1. The largest absolute Gasteiger partial charge is 0.494 e. The molecule has 0 aromatic carbocycles. The highest BCUT2D eigenvalue weighted by Crippen LogP contribution is 2.28. The summed E-state index contributed by atoms with van der Waals surface area (Å²) in [5, 5.41) is 39.1. The van der Waals surface area contributed by atoms with Crippen LogP contribution in [0.4, 0.5) is 23.3 Å². The number of aromatic hydroxyl groups is 2. The lowest BCUT2D eigenvalue weighted by molar-refractivity contribution is 0.0986. The Morgan fingerprint density at radius 2 is 1.30 bits per heavy atom. The number of nitrogens with one attached hydrogen (secondary N) is 1. The molecule has 0 saturated carbocycles. The zero-order valence-electron chi connectivity index (χ0n) is 24.4. The predicted octanol–water partition coefficient (Wildman–Crippen LogP) is 0.750. The average Bonchev–Trinajstić information content (AvgIpc) is 2.95. The van der Waals surface area contributed by atoms with Crippen molar-refractivity contribution in [2.24, 2.45) is 31.9 Å². The molecule has 0 saturated heterocycles. The van der Waals surface area contributed by atoms with Crippen LogP contribution >= 0.6 is 11.6 Å². The number of halogens is 1. The quantitative estimate of drug-likeness (QED) is 0.174. The van der Waals surface area contributed by atoms with Gasteiger partial charge in [0.25, 0.3) is 22.9 Å². The number of carbonyl (C=O) groups excluding carboxylic acids is 2. The number of carbonyl (C=O) groups is 2. The summed E-state index contributed by atoms with van der Waals surface area (Å²) >= 11 is 6.10. The minimum atomic E-state index is -0.999. The number of anilines is 2. The standard InChI is InChI=1S/C24H30ClN13O6/c1-10-12(16(26)39)18(41)37(20(43)14(10)34-29-4)8-6-36(24-32-22(25)31-23(28-3)33-24)7-9-38-19(42)13(17(27)40)11(2)15(21(38)44)35-30-5/h41-42H,6-9H2,1-5H3,(H2,26,39)(H2,27,40)(H,28,31,32,33). The summed E-state index contributed by atoms with van der Waals surface area (Å²) in [6, 6.07) is 0. The minimum absolute atomic E-state index is 0.0270. The van der Waals surface area contributed by atoms with Crippen molar-refractivity contribution in [2.45, 2.75) is 26.9 Å². The fourth-order valence-corrected chi connectivity index (χ4v) is 4.55. The lowest BCUT2D eigenvalue weighted by Crippen LogP contribution is -2.37. The van der Waals surface area contributed by atoms with Crippen LogP contribution in [0.15, 0.2) is 30.0 Å². The molecule has 0 aliphatic carbocycles. The summed E-state index contributed by atoms with van der Waals surface area (Å²) in [5.41, 5.74) is 8.40. The maximum atomic E-state index is 13.2. The van der Waals surface area contributed by atoms with Crippen LogP contribution in [0.2, 0.25) is 5.28 Å². The van der Waals surface area contributed by atoms with Gasteiger partial charge in [0.15, 0.2) is 11.4 Å². The molecule has 3 heterocycles. The first kappa shape index (κ1) is 33.0. The van der Waals surface area contributed by atoms with Crippen molar-refractivity contribution in [2.75, 3.05) is 44.4 Å². The third-order valence-corrected chi connectivity index (χ3v) is 6.67. The molecule has 44 heavy (non-hydrogen) atoms. The summed E-state index contributed by atoms with van der Waals surface area (Å²) < 4.78 is 1.73. The fourth-order valence-electron chi connectivity index (χ4n) is 4.40. The van der Waals surface area contributed by atoms with Gasteiger partial charge in [0.2, 0.25) is 28.9 Å². The molecule has 3 aromatic rings. The maximum Gasteiger partial charge on any atom is 0.281 e. The van der Waals surface area contributed by atoms with Gasteiger partial charge in [0.05, 0.1) is 0 Å². The van der Waals surface area contributed by atoms with Gasteiger partial charge in [-0.2, -0.15) is 35.4 Å². The lowest BCUT2D eigenvalue weighted by atomic mass is 10.1. The van der Waals surface area contributed by atoms with E-state index in [1.807, 2.05) is 0 Å². The molecule has 0 spiro atoms. The second kappa shape index (κ2) is 13.7. The average molecular weight is 632 g/mol. The second-order valence-electron chi connectivity index (χ2n) is 9.05. The van der Waals surface area contributed by atoms with Crippen molar-refractivity contribution in [1.82, 2.24) is 24.1 Å². The monoisotopic (exact) mass is 631 g/mol. The van der Waals surface area contributed by atoms with Crippen molar-refractivity contribution in [3.8, 4) is 11.8 Å². The summed E-state index contributed by atoms with van der Waals surface area (Å²) in [6.07, 6.45) is 0. The van der Waals surface area contributed by atoms with E-state index in [1.54, 1.807) is 0 Å². The number of aromatic nitrogens is 5. The number of rotatable bonds is 12. The topological polar surface area (TPSA) is 274 Å². The highest BCUT2D eigenvalue weighted by Gasteiger charge is 2.25. The van der Waals surface area contributed by atoms with Gasteiger partial charge < -0.3 is 31.9 Å². The van der Waals surface area contributed by atoms with E-state index < -0.39 is 34.7 Å². The number of primary amides is 2. The maximum absolute atomic E-state index is 13.2. The Balaban J connectivity index is 2.15. The number of azo groups is 2. The molecule has 0 aliphatic rings. The molecule has 0 bridgehead atoms. The van der Waals surface area contributed by atoms with Crippen molar-refractivity contribution in [3.05, 3.63) is 48.2 Å². The highest BCUT2D eigenvalue weighted by atomic mass is 35.5. The van der Waals surface area contributed by atoms with Gasteiger partial charge in [-0.3, -0.25) is 28.3 Å². The number of hydrogen-bond donors (Lipinski definition) is 5. The van der Waals surface area contributed by atoms with Gasteiger partial charge in [-0.1, -0.05) is 0 Å². The molecule has 0 unspecified atom stereocenters. The molecule has 0 radical (unpaired) electrons. The van der Waals surface area contributed by atoms with E-state index in [9.17, 15) is 29.4 Å². The van der Waals surface area contributed by atoms with E-state index in [4.69, 9.17) is 23.1 Å². The van der Waals surface area contributed by atoms with Crippen LogP contribution in [0, 0.1) is 13.8 Å². The van der Waals surface area contributed by atoms with E-state index in [1.165, 1.54) is 39.9 Å². The Hall–Kier alpha value is -5.46. The van der Waals surface area contributed by atoms with Crippen LogP contribution in [-0.4, -0.2) is 80.3 Å². The van der Waals surface area contributed by atoms with Crippen molar-refractivity contribution < 1.29 is 19.8 Å². The first-order valence-corrected chi connectivity index (χ1v) is 13.1. The van der Waals surface area contributed by atoms with Crippen LogP contribution in [0.25, 0.3) is 0 Å². The molecule has 19 nitrogen and oxygen atoms in total. The van der Waals surface area contributed by atoms with Gasteiger partial charge in [-0.25, -0.2) is 0 Å². The Bertz CT molecular complexity index is 1700. The number of nitrogens with zero attached hydrogens (tertiary/aromatic N) is 10. The normalized spacial score (nSPS) is 11.4. The highest BCUT2D eigenvalue weighted by molar-refractivity contribution is 6.28. The van der Waals surface area contributed by atoms with Crippen molar-refractivity contribution >= 4 is 46.7 Å². The molecule has 3 aromatic heterocycles. The molecule has 2 amide bonds. The van der Waals surface area contributed by atoms with E-state index in [0.29, 0.717) is 0 Å². The van der Waals surface area contributed by atoms with Crippen LogP contribution < -0.4 is 32.8 Å². The smallest absolute Gasteiger partial charge is 0.281 e. The Morgan fingerprint density at radius 3 is 1.66 bits per heavy atom. The molecular formula is C24H30ClN13O6. The van der Waals surface area contributed by atoms with Crippen LogP contribution in [0.5, 0.6) is 11.8 Å². The molecule has 20 heteroatoms. The van der Waals surface area contributed by atoms with Gasteiger partial charge in [0, 0.05) is 58.4 Å². The first-order chi connectivity index (χ1) is 20.8. The Morgan fingerprint density at radius 1 is 0.864 bits per heavy atom. The second-order valence-corrected chi connectivity index (χ2v) is 9.39. The number of nitrogens with two attached hydrogens (primary N) is 2. The fraction of sp³-hybridized carbons (Fsp3) is 0.375. The number of pyridine rings is 2. The lowest BCUT2D eigenvalue weighted by Gasteiger charge is -2.25. The number of amides is 2. The number of hydrogen-bond acceptors (Lipinski definition) is 15. The summed E-state index contributed by atoms with van der Waals surface area (Å²) in [6.45, 7) is 1.93. The van der Waals surface area contributed by atoms with E-state index in [2.05, 4.69) is 40.7 Å². The summed E-state index contributed by atoms with van der Waals surface area (Å²) in [5.74, 6) is -3.35. The van der Waals surface area contributed by atoms with Gasteiger partial charge >= 0.3 is 0 Å².